The molecule has 0 radical (unpaired) electrons. The number of benzene rings is 2. The summed E-state index contributed by atoms with van der Waals surface area (Å²) in [5.74, 6) is 3.52. The summed E-state index contributed by atoms with van der Waals surface area (Å²) in [4.78, 5) is 13.2. The van der Waals surface area contributed by atoms with Gasteiger partial charge in [0.05, 0.1) is 0 Å². The van der Waals surface area contributed by atoms with Gasteiger partial charge in [0.25, 0.3) is 0 Å². The molecule has 0 aromatic heterocycles. The molecule has 1 saturated carbocycles. The predicted octanol–water partition coefficient (Wildman–Crippen LogP) is 5.00. The zero-order valence-electron chi connectivity index (χ0n) is 16.3. The number of allylic oxidation sites excluding steroid dienone is 2. The van der Waals surface area contributed by atoms with Crippen LogP contribution in [0.1, 0.15) is 37.3 Å². The standard InChI is InChI=1S/C24H22O5/c1-2-15-7-18(9-16-3-5-20-22(11-16)28-13-26-20)24(25)19(8-15)10-17-4-6-21-23(12-17)29-14-27-21/h3-6,9-12,15H,2,7-8,13-14H2,1H3. The lowest BCUT2D eigenvalue weighted by molar-refractivity contribution is -0.113. The molecule has 2 aliphatic heterocycles. The van der Waals surface area contributed by atoms with E-state index >= 15 is 0 Å². The third-order valence-electron chi connectivity index (χ3n) is 5.65. The molecule has 0 bridgehead atoms. The minimum Gasteiger partial charge on any atom is -0.454 e. The molecular weight excluding hydrogens is 368 g/mol. The predicted molar refractivity (Wildman–Crippen MR) is 109 cm³/mol. The van der Waals surface area contributed by atoms with E-state index in [9.17, 15) is 4.79 Å². The fourth-order valence-corrected chi connectivity index (χ4v) is 4.03. The van der Waals surface area contributed by atoms with Gasteiger partial charge in [0.2, 0.25) is 13.6 Å². The Kier molecular flexibility index (Phi) is 4.51. The van der Waals surface area contributed by atoms with Crippen molar-refractivity contribution in [3.63, 3.8) is 0 Å². The van der Waals surface area contributed by atoms with Crippen molar-refractivity contribution in [3.8, 4) is 23.0 Å². The summed E-state index contributed by atoms with van der Waals surface area (Å²) in [5, 5.41) is 0. The van der Waals surface area contributed by atoms with Gasteiger partial charge in [0.15, 0.2) is 28.8 Å². The molecule has 0 N–H and O–H groups in total. The Bertz CT molecular complexity index is 954. The van der Waals surface area contributed by atoms with Gasteiger partial charge in [-0.25, -0.2) is 0 Å². The second-order valence-corrected chi connectivity index (χ2v) is 7.58. The van der Waals surface area contributed by atoms with Crippen LogP contribution in [0.5, 0.6) is 23.0 Å². The van der Waals surface area contributed by atoms with Gasteiger partial charge in [-0.1, -0.05) is 25.5 Å². The summed E-state index contributed by atoms with van der Waals surface area (Å²) in [5.41, 5.74) is 3.59. The van der Waals surface area contributed by atoms with Gasteiger partial charge in [0, 0.05) is 11.1 Å². The van der Waals surface area contributed by atoms with Crippen molar-refractivity contribution in [1.29, 1.82) is 0 Å². The highest BCUT2D eigenvalue weighted by Crippen LogP contribution is 2.38. The fraction of sp³-hybridized carbons (Fsp3) is 0.292. The van der Waals surface area contributed by atoms with Gasteiger partial charge in [-0.2, -0.15) is 0 Å². The van der Waals surface area contributed by atoms with E-state index in [4.69, 9.17) is 18.9 Å². The van der Waals surface area contributed by atoms with Crippen LogP contribution in [0.25, 0.3) is 12.2 Å². The number of rotatable bonds is 3. The summed E-state index contributed by atoms with van der Waals surface area (Å²) in [6.45, 7) is 2.67. The lowest BCUT2D eigenvalue weighted by Crippen LogP contribution is -2.19. The molecule has 0 spiro atoms. The summed E-state index contributed by atoms with van der Waals surface area (Å²) in [6, 6.07) is 11.6. The topological polar surface area (TPSA) is 54.0 Å². The number of ketones is 1. The van der Waals surface area contributed by atoms with Crippen LogP contribution in [0.15, 0.2) is 47.5 Å². The maximum Gasteiger partial charge on any atom is 0.231 e. The van der Waals surface area contributed by atoms with Crippen molar-refractivity contribution in [3.05, 3.63) is 58.7 Å². The van der Waals surface area contributed by atoms with E-state index in [0.717, 1.165) is 64.5 Å². The first-order valence-electron chi connectivity index (χ1n) is 9.95. The monoisotopic (exact) mass is 390 g/mol. The van der Waals surface area contributed by atoms with Crippen LogP contribution in [0.3, 0.4) is 0 Å². The molecule has 0 unspecified atom stereocenters. The molecular formula is C24H22O5. The maximum absolute atomic E-state index is 13.2. The summed E-state index contributed by atoms with van der Waals surface area (Å²) in [7, 11) is 0. The Morgan fingerprint density at radius 3 is 1.76 bits per heavy atom. The van der Waals surface area contributed by atoms with Crippen molar-refractivity contribution in [2.75, 3.05) is 13.6 Å². The van der Waals surface area contributed by atoms with Crippen LogP contribution in [0, 0.1) is 5.92 Å². The molecule has 29 heavy (non-hydrogen) atoms. The van der Waals surface area contributed by atoms with E-state index in [1.165, 1.54) is 0 Å². The lowest BCUT2D eigenvalue weighted by atomic mass is 9.78. The first-order valence-corrected chi connectivity index (χ1v) is 9.95. The highest BCUT2D eigenvalue weighted by atomic mass is 16.7. The van der Waals surface area contributed by atoms with Crippen molar-refractivity contribution in [1.82, 2.24) is 0 Å². The number of hydrogen-bond donors (Lipinski definition) is 0. The Hall–Kier alpha value is -3.21. The lowest BCUT2D eigenvalue weighted by Gasteiger charge is -2.25. The van der Waals surface area contributed by atoms with Crippen LogP contribution in [-0.2, 0) is 4.79 Å². The SMILES string of the molecule is CCC1CC(=Cc2ccc3c(c2)OCO3)C(=O)C(=Cc2ccc3c(c2)OCO3)C1. The average molecular weight is 390 g/mol. The molecule has 0 atom stereocenters. The smallest absolute Gasteiger partial charge is 0.231 e. The molecule has 1 fully saturated rings. The quantitative estimate of drug-likeness (QED) is 0.691. The number of hydrogen-bond acceptors (Lipinski definition) is 5. The van der Waals surface area contributed by atoms with E-state index < -0.39 is 0 Å². The van der Waals surface area contributed by atoms with Crippen LogP contribution >= 0.6 is 0 Å². The number of carbonyl (C=O) groups is 1. The zero-order chi connectivity index (χ0) is 19.8. The van der Waals surface area contributed by atoms with Gasteiger partial charge in [-0.3, -0.25) is 4.79 Å². The molecule has 1 aliphatic carbocycles. The molecule has 5 rings (SSSR count). The number of carbonyl (C=O) groups excluding carboxylic acids is 1. The Labute approximate surface area is 169 Å². The largest absolute Gasteiger partial charge is 0.454 e. The highest BCUT2D eigenvalue weighted by molar-refractivity contribution is 6.14. The molecule has 3 aliphatic rings. The molecule has 2 aromatic carbocycles. The van der Waals surface area contributed by atoms with E-state index in [1.54, 1.807) is 0 Å². The summed E-state index contributed by atoms with van der Waals surface area (Å²) < 4.78 is 21.7. The normalized spacial score (nSPS) is 22.5. The van der Waals surface area contributed by atoms with Crippen molar-refractivity contribution < 1.29 is 23.7 Å². The summed E-state index contributed by atoms with van der Waals surface area (Å²) in [6.07, 6.45) is 6.59. The average Bonchev–Trinajstić information content (AvgIpc) is 3.39. The van der Waals surface area contributed by atoms with Crippen molar-refractivity contribution in [2.45, 2.75) is 26.2 Å². The first-order chi connectivity index (χ1) is 14.2. The second kappa shape index (κ2) is 7.32. The molecule has 2 heterocycles. The summed E-state index contributed by atoms with van der Waals surface area (Å²) >= 11 is 0. The third-order valence-corrected chi connectivity index (χ3v) is 5.65. The van der Waals surface area contributed by atoms with Gasteiger partial charge >= 0.3 is 0 Å². The zero-order valence-corrected chi connectivity index (χ0v) is 16.3. The minimum absolute atomic E-state index is 0.116. The second-order valence-electron chi connectivity index (χ2n) is 7.58. The van der Waals surface area contributed by atoms with Gasteiger partial charge < -0.3 is 18.9 Å². The van der Waals surface area contributed by atoms with Gasteiger partial charge in [0.1, 0.15) is 0 Å². The molecule has 2 aromatic rings. The Balaban J connectivity index is 1.46. The van der Waals surface area contributed by atoms with Gasteiger partial charge in [-0.05, 0) is 66.3 Å². The Morgan fingerprint density at radius 1 is 0.793 bits per heavy atom. The van der Waals surface area contributed by atoms with Crippen LogP contribution < -0.4 is 18.9 Å². The highest BCUT2D eigenvalue weighted by Gasteiger charge is 2.27. The van der Waals surface area contributed by atoms with E-state index in [-0.39, 0.29) is 19.4 Å². The van der Waals surface area contributed by atoms with Crippen molar-refractivity contribution in [2.24, 2.45) is 5.92 Å². The van der Waals surface area contributed by atoms with Crippen LogP contribution in [-0.4, -0.2) is 19.4 Å². The molecule has 0 saturated heterocycles. The maximum atomic E-state index is 13.2. The Morgan fingerprint density at radius 2 is 1.28 bits per heavy atom. The first kappa shape index (κ1) is 17.9. The number of Topliss-reactive ketones (excluding diaryl/α,β-unsaturated/α-hetero) is 1. The van der Waals surface area contributed by atoms with Crippen molar-refractivity contribution >= 4 is 17.9 Å². The van der Waals surface area contributed by atoms with Crippen LogP contribution in [0.4, 0.5) is 0 Å². The fourth-order valence-electron chi connectivity index (χ4n) is 4.03. The van der Waals surface area contributed by atoms with E-state index in [2.05, 4.69) is 6.92 Å². The number of fused-ring (bicyclic) bond motifs is 2. The molecule has 148 valence electrons. The number of ether oxygens (including phenoxy) is 4. The molecule has 5 heteroatoms. The van der Waals surface area contributed by atoms with Crippen LogP contribution in [0.2, 0.25) is 0 Å². The van der Waals surface area contributed by atoms with E-state index in [0.29, 0.717) is 5.92 Å². The van der Waals surface area contributed by atoms with Gasteiger partial charge in [-0.15, -0.1) is 0 Å². The molecule has 5 nitrogen and oxygen atoms in total. The minimum atomic E-state index is 0.116. The molecule has 0 amide bonds. The third kappa shape index (κ3) is 3.48. The van der Waals surface area contributed by atoms with E-state index in [1.807, 2.05) is 48.6 Å².